The van der Waals surface area contributed by atoms with Crippen LogP contribution < -0.4 is 5.73 Å². The molecule has 0 amide bonds. The molecule has 2 N–H and O–H groups in total. The molecular formula is C15H18N2. The molecule has 88 valence electrons. The maximum atomic E-state index is 5.51. The molecule has 0 unspecified atom stereocenters. The van der Waals surface area contributed by atoms with Crippen molar-refractivity contribution in [1.82, 2.24) is 4.98 Å². The SMILES string of the molecule is CCc1ccc(-c2ccc(CCN)cn2)cc1. The molecule has 0 saturated carbocycles. The molecule has 17 heavy (non-hydrogen) atoms. The van der Waals surface area contributed by atoms with Crippen molar-refractivity contribution < 1.29 is 0 Å². The van der Waals surface area contributed by atoms with E-state index in [1.54, 1.807) is 0 Å². The van der Waals surface area contributed by atoms with E-state index in [1.165, 1.54) is 16.7 Å². The lowest BCUT2D eigenvalue weighted by Gasteiger charge is -2.04. The Hall–Kier alpha value is -1.67. The molecule has 0 aliphatic heterocycles. The average molecular weight is 226 g/mol. The summed E-state index contributed by atoms with van der Waals surface area (Å²) in [7, 11) is 0. The summed E-state index contributed by atoms with van der Waals surface area (Å²) in [5.41, 5.74) is 10.3. The van der Waals surface area contributed by atoms with Gasteiger partial charge in [0.1, 0.15) is 0 Å². The van der Waals surface area contributed by atoms with Crippen LogP contribution in [-0.4, -0.2) is 11.5 Å². The van der Waals surface area contributed by atoms with Crippen LogP contribution in [0, 0.1) is 0 Å². The Labute approximate surface area is 103 Å². The third-order valence-corrected chi connectivity index (χ3v) is 2.92. The monoisotopic (exact) mass is 226 g/mol. The van der Waals surface area contributed by atoms with Gasteiger partial charge in [0, 0.05) is 11.8 Å². The van der Waals surface area contributed by atoms with Crippen LogP contribution in [0.15, 0.2) is 42.6 Å². The van der Waals surface area contributed by atoms with Gasteiger partial charge in [-0.1, -0.05) is 37.3 Å². The predicted molar refractivity (Wildman–Crippen MR) is 71.8 cm³/mol. The third-order valence-electron chi connectivity index (χ3n) is 2.92. The molecule has 0 atom stereocenters. The number of pyridine rings is 1. The first-order chi connectivity index (χ1) is 8.33. The largest absolute Gasteiger partial charge is 0.330 e. The quantitative estimate of drug-likeness (QED) is 0.870. The van der Waals surface area contributed by atoms with Crippen LogP contribution in [0.3, 0.4) is 0 Å². The number of nitrogens with zero attached hydrogens (tertiary/aromatic N) is 1. The lowest BCUT2D eigenvalue weighted by Crippen LogP contribution is -2.02. The standard InChI is InChI=1S/C15H18N2/c1-2-12-3-6-14(7-4-12)15-8-5-13(9-10-16)11-17-15/h3-8,11H,2,9-10,16H2,1H3. The number of rotatable bonds is 4. The fourth-order valence-electron chi connectivity index (χ4n) is 1.82. The highest BCUT2D eigenvalue weighted by Crippen LogP contribution is 2.18. The van der Waals surface area contributed by atoms with Gasteiger partial charge < -0.3 is 5.73 Å². The molecule has 1 aromatic heterocycles. The summed E-state index contributed by atoms with van der Waals surface area (Å²) in [5.74, 6) is 0. The Morgan fingerprint density at radius 2 is 1.71 bits per heavy atom. The number of aromatic nitrogens is 1. The van der Waals surface area contributed by atoms with Crippen molar-refractivity contribution >= 4 is 0 Å². The van der Waals surface area contributed by atoms with E-state index in [2.05, 4.69) is 48.3 Å². The van der Waals surface area contributed by atoms with Crippen LogP contribution in [0.2, 0.25) is 0 Å². The van der Waals surface area contributed by atoms with E-state index in [4.69, 9.17) is 5.73 Å². The first-order valence-electron chi connectivity index (χ1n) is 6.07. The van der Waals surface area contributed by atoms with Crippen LogP contribution >= 0.6 is 0 Å². The van der Waals surface area contributed by atoms with Crippen molar-refractivity contribution in [1.29, 1.82) is 0 Å². The fourth-order valence-corrected chi connectivity index (χ4v) is 1.82. The van der Waals surface area contributed by atoms with E-state index in [0.717, 1.165) is 18.5 Å². The maximum Gasteiger partial charge on any atom is 0.0702 e. The van der Waals surface area contributed by atoms with Gasteiger partial charge in [-0.05, 0) is 36.6 Å². The third kappa shape index (κ3) is 2.92. The molecule has 1 aromatic carbocycles. The molecule has 0 saturated heterocycles. The Balaban J connectivity index is 2.20. The summed E-state index contributed by atoms with van der Waals surface area (Å²) in [6.45, 7) is 2.83. The van der Waals surface area contributed by atoms with E-state index < -0.39 is 0 Å². The zero-order valence-electron chi connectivity index (χ0n) is 10.2. The van der Waals surface area contributed by atoms with E-state index in [-0.39, 0.29) is 0 Å². The number of aryl methyl sites for hydroxylation is 1. The minimum absolute atomic E-state index is 0.673. The van der Waals surface area contributed by atoms with Gasteiger partial charge in [-0.25, -0.2) is 0 Å². The predicted octanol–water partition coefficient (Wildman–Crippen LogP) is 2.81. The molecule has 2 aromatic rings. The Kier molecular flexibility index (Phi) is 3.89. The van der Waals surface area contributed by atoms with Crippen LogP contribution in [-0.2, 0) is 12.8 Å². The second-order valence-corrected chi connectivity index (χ2v) is 4.14. The van der Waals surface area contributed by atoms with Crippen molar-refractivity contribution in [2.75, 3.05) is 6.54 Å². The fraction of sp³-hybridized carbons (Fsp3) is 0.267. The van der Waals surface area contributed by atoms with Crippen LogP contribution in [0.1, 0.15) is 18.1 Å². The maximum absolute atomic E-state index is 5.51. The minimum atomic E-state index is 0.673. The van der Waals surface area contributed by atoms with Crippen LogP contribution in [0.25, 0.3) is 11.3 Å². The van der Waals surface area contributed by atoms with Crippen LogP contribution in [0.4, 0.5) is 0 Å². The highest BCUT2D eigenvalue weighted by atomic mass is 14.7. The van der Waals surface area contributed by atoms with E-state index in [0.29, 0.717) is 6.54 Å². The van der Waals surface area contributed by atoms with Gasteiger partial charge >= 0.3 is 0 Å². The van der Waals surface area contributed by atoms with Crippen molar-refractivity contribution in [2.24, 2.45) is 5.73 Å². The van der Waals surface area contributed by atoms with Gasteiger partial charge in [0.05, 0.1) is 5.69 Å². The average Bonchev–Trinajstić information content (AvgIpc) is 2.40. The van der Waals surface area contributed by atoms with Crippen molar-refractivity contribution in [3.63, 3.8) is 0 Å². The zero-order chi connectivity index (χ0) is 12.1. The normalized spacial score (nSPS) is 10.5. The molecule has 0 fully saturated rings. The van der Waals surface area contributed by atoms with Gasteiger partial charge in [0.25, 0.3) is 0 Å². The summed E-state index contributed by atoms with van der Waals surface area (Å²) < 4.78 is 0. The molecule has 2 nitrogen and oxygen atoms in total. The van der Waals surface area contributed by atoms with E-state index >= 15 is 0 Å². The molecule has 0 radical (unpaired) electrons. The molecular weight excluding hydrogens is 208 g/mol. The summed E-state index contributed by atoms with van der Waals surface area (Å²) in [6.07, 6.45) is 3.88. The second kappa shape index (κ2) is 5.60. The molecule has 0 bridgehead atoms. The van der Waals surface area contributed by atoms with Crippen molar-refractivity contribution in [2.45, 2.75) is 19.8 Å². The van der Waals surface area contributed by atoms with E-state index in [9.17, 15) is 0 Å². The molecule has 0 aliphatic carbocycles. The summed E-state index contributed by atoms with van der Waals surface area (Å²) in [6, 6.07) is 12.7. The zero-order valence-corrected chi connectivity index (χ0v) is 10.2. The Morgan fingerprint density at radius 1 is 1.00 bits per heavy atom. The topological polar surface area (TPSA) is 38.9 Å². The van der Waals surface area contributed by atoms with Gasteiger partial charge in [0.15, 0.2) is 0 Å². The lowest BCUT2D eigenvalue weighted by molar-refractivity contribution is 0.959. The minimum Gasteiger partial charge on any atom is -0.330 e. The highest BCUT2D eigenvalue weighted by molar-refractivity contribution is 5.59. The molecule has 1 heterocycles. The second-order valence-electron chi connectivity index (χ2n) is 4.14. The van der Waals surface area contributed by atoms with Crippen LogP contribution in [0.5, 0.6) is 0 Å². The van der Waals surface area contributed by atoms with Crippen molar-refractivity contribution in [3.8, 4) is 11.3 Å². The van der Waals surface area contributed by atoms with Crippen molar-refractivity contribution in [3.05, 3.63) is 53.7 Å². The first kappa shape index (κ1) is 11.8. The molecule has 2 heteroatoms. The first-order valence-corrected chi connectivity index (χ1v) is 6.07. The van der Waals surface area contributed by atoms with Gasteiger partial charge in [-0.15, -0.1) is 0 Å². The number of hydrogen-bond acceptors (Lipinski definition) is 2. The summed E-state index contributed by atoms with van der Waals surface area (Å²) in [4.78, 5) is 4.47. The number of hydrogen-bond donors (Lipinski definition) is 1. The number of nitrogens with two attached hydrogens (primary N) is 1. The molecule has 2 rings (SSSR count). The molecule has 0 spiro atoms. The Morgan fingerprint density at radius 3 is 2.24 bits per heavy atom. The highest BCUT2D eigenvalue weighted by Gasteiger charge is 1.99. The smallest absolute Gasteiger partial charge is 0.0702 e. The van der Waals surface area contributed by atoms with E-state index in [1.807, 2.05) is 6.20 Å². The van der Waals surface area contributed by atoms with Gasteiger partial charge in [-0.2, -0.15) is 0 Å². The Bertz CT molecular complexity index is 457. The molecule has 0 aliphatic rings. The number of benzene rings is 1. The summed E-state index contributed by atoms with van der Waals surface area (Å²) >= 11 is 0. The van der Waals surface area contributed by atoms with Gasteiger partial charge in [-0.3, -0.25) is 4.98 Å². The lowest BCUT2D eigenvalue weighted by atomic mass is 10.1. The van der Waals surface area contributed by atoms with Gasteiger partial charge in [0.2, 0.25) is 0 Å². The summed E-state index contributed by atoms with van der Waals surface area (Å²) in [5, 5.41) is 0.